The van der Waals surface area contributed by atoms with Gasteiger partial charge in [0.25, 0.3) is 0 Å². The molecule has 0 amide bonds. The second-order valence-corrected chi connectivity index (χ2v) is 8.43. The monoisotopic (exact) mass is 586 g/mol. The molecule has 5 N–H and O–H groups in total. The number of anilines is 1. The van der Waals surface area contributed by atoms with Gasteiger partial charge in [0.15, 0.2) is 17.3 Å². The molecular weight excluding hydrogens is 560 g/mol. The number of methoxy groups -OCH3 is 2. The Morgan fingerprint density at radius 2 is 1.43 bits per heavy atom. The average Bonchev–Trinajstić information content (AvgIpc) is 3.81. The van der Waals surface area contributed by atoms with Crippen LogP contribution in [0.1, 0.15) is 10.4 Å². The number of nitrogens with two attached hydrogens (primary N) is 1. The molecule has 5 aromatic heterocycles. The number of carbonyl (C=O) groups is 1. The summed E-state index contributed by atoms with van der Waals surface area (Å²) < 4.78 is 11.9. The van der Waals surface area contributed by atoms with Gasteiger partial charge in [0.1, 0.15) is 41.7 Å². The molecule has 14 heteroatoms. The lowest BCUT2D eigenvalue weighted by Gasteiger charge is -2.02. The summed E-state index contributed by atoms with van der Waals surface area (Å²) in [5.74, 6) is 8.20. The number of benzene rings is 2. The number of halogens is 1. The van der Waals surface area contributed by atoms with Crippen molar-refractivity contribution in [2.75, 3.05) is 19.6 Å². The maximum atomic E-state index is 10.2. The first-order valence-electron chi connectivity index (χ1n) is 12.3. The highest BCUT2D eigenvalue weighted by molar-refractivity contribution is 5.90. The number of aromatic nitrogens is 8. The Morgan fingerprint density at radius 3 is 2.05 bits per heavy atom. The summed E-state index contributed by atoms with van der Waals surface area (Å²) in [6.45, 7) is 0. The van der Waals surface area contributed by atoms with Crippen LogP contribution in [-0.2, 0) is 0 Å². The first-order chi connectivity index (χ1) is 20.1. The van der Waals surface area contributed by atoms with Crippen LogP contribution in [0.3, 0.4) is 0 Å². The standard InChI is InChI=1S/C14H11N5O.C8H8O2.C6H7N5.ClH/c1-20-10-4-2-9(3-5-10)13-17-18-14-11-6-7-15-12(11)16-8-19(13)14;1-10-8-4-2-7(6-9)3-5-8;7-11-6-4-1-2-8-5(4)9-3-10-6;/h2-8,15H,1H3;2-6H,1H3;1-3H,7H2,(H2,8,9,10,11);1H. The number of hydrogen-bond donors (Lipinski definition) is 4. The number of aldehydes is 1. The zero-order valence-corrected chi connectivity index (χ0v) is 23.4. The van der Waals surface area contributed by atoms with Crippen LogP contribution >= 0.6 is 12.4 Å². The maximum Gasteiger partial charge on any atom is 0.173 e. The van der Waals surface area contributed by atoms with E-state index in [9.17, 15) is 4.79 Å². The number of rotatable bonds is 5. The van der Waals surface area contributed by atoms with Gasteiger partial charge in [0.05, 0.1) is 25.0 Å². The van der Waals surface area contributed by atoms with Gasteiger partial charge in [-0.1, -0.05) is 0 Å². The number of H-pyrrole nitrogens is 2. The van der Waals surface area contributed by atoms with Crippen LogP contribution in [0.4, 0.5) is 5.82 Å². The molecule has 0 radical (unpaired) electrons. The van der Waals surface area contributed by atoms with Crippen LogP contribution in [0.25, 0.3) is 39.1 Å². The molecule has 0 aliphatic rings. The quantitative estimate of drug-likeness (QED) is 0.128. The largest absolute Gasteiger partial charge is 0.497 e. The third-order valence-corrected chi connectivity index (χ3v) is 6.05. The van der Waals surface area contributed by atoms with Gasteiger partial charge in [-0.3, -0.25) is 9.20 Å². The number of carbonyl (C=O) groups excluding carboxylic acids is 1. The van der Waals surface area contributed by atoms with E-state index in [2.05, 4.69) is 40.5 Å². The highest BCUT2D eigenvalue weighted by Crippen LogP contribution is 2.24. The molecule has 0 aliphatic carbocycles. The lowest BCUT2D eigenvalue weighted by atomic mass is 10.2. The molecule has 0 bridgehead atoms. The molecule has 0 atom stereocenters. The fraction of sp³-hybridized carbons (Fsp3) is 0.0714. The molecule has 5 heterocycles. The van der Waals surface area contributed by atoms with Crippen molar-refractivity contribution < 1.29 is 14.3 Å². The Morgan fingerprint density at radius 1 is 0.810 bits per heavy atom. The number of hydrogen-bond acceptors (Lipinski definition) is 10. The molecule has 0 saturated carbocycles. The predicted molar refractivity (Wildman–Crippen MR) is 162 cm³/mol. The fourth-order valence-electron chi connectivity index (χ4n) is 3.95. The first kappa shape index (κ1) is 29.5. The van der Waals surface area contributed by atoms with E-state index in [0.717, 1.165) is 56.9 Å². The number of nitrogens with one attached hydrogen (secondary N) is 3. The number of hydrazine groups is 1. The van der Waals surface area contributed by atoms with Gasteiger partial charge in [0, 0.05) is 23.5 Å². The van der Waals surface area contributed by atoms with Crippen LogP contribution in [0.2, 0.25) is 0 Å². The Hall–Kier alpha value is -5.53. The number of aromatic amines is 2. The van der Waals surface area contributed by atoms with Gasteiger partial charge < -0.3 is 24.9 Å². The van der Waals surface area contributed by atoms with Crippen LogP contribution < -0.4 is 20.7 Å². The summed E-state index contributed by atoms with van der Waals surface area (Å²) in [5, 5.41) is 10.4. The minimum absolute atomic E-state index is 0. The fourth-order valence-corrected chi connectivity index (χ4v) is 3.95. The van der Waals surface area contributed by atoms with Crippen molar-refractivity contribution in [3.05, 3.63) is 91.3 Å². The van der Waals surface area contributed by atoms with Crippen molar-refractivity contribution >= 4 is 52.2 Å². The predicted octanol–water partition coefficient (Wildman–Crippen LogP) is 4.45. The Bertz CT molecular complexity index is 1880. The van der Waals surface area contributed by atoms with Crippen molar-refractivity contribution in [3.8, 4) is 22.9 Å². The second-order valence-electron chi connectivity index (χ2n) is 8.43. The molecule has 0 spiro atoms. The summed E-state index contributed by atoms with van der Waals surface area (Å²) in [5.41, 5.74) is 6.51. The average molecular weight is 587 g/mol. The van der Waals surface area contributed by atoms with Gasteiger partial charge >= 0.3 is 0 Å². The van der Waals surface area contributed by atoms with E-state index >= 15 is 0 Å². The SMILES string of the molecule is COc1ccc(-c2nnc3c4cc[nH]c4ncn23)cc1.COc1ccc(C=O)cc1.Cl.NNc1ncnc2[nH]ccc12. The van der Waals surface area contributed by atoms with Crippen LogP contribution in [0.15, 0.2) is 85.7 Å². The molecule has 2 aromatic carbocycles. The molecule has 7 aromatic rings. The van der Waals surface area contributed by atoms with Crippen LogP contribution in [-0.4, -0.2) is 60.0 Å². The number of nitrogens with zero attached hydrogens (tertiary/aromatic N) is 6. The molecule has 13 nitrogen and oxygen atoms in total. The first-order valence-corrected chi connectivity index (χ1v) is 12.3. The molecule has 0 fully saturated rings. The van der Waals surface area contributed by atoms with E-state index in [1.54, 1.807) is 51.0 Å². The van der Waals surface area contributed by atoms with Crippen molar-refractivity contribution in [2.24, 2.45) is 5.84 Å². The normalized spacial score (nSPS) is 10.2. The van der Waals surface area contributed by atoms with E-state index in [-0.39, 0.29) is 12.4 Å². The number of fused-ring (bicyclic) bond motifs is 4. The van der Waals surface area contributed by atoms with Gasteiger partial charge in [-0.05, 0) is 60.7 Å². The van der Waals surface area contributed by atoms with Crippen LogP contribution in [0.5, 0.6) is 11.5 Å². The molecule has 0 aliphatic heterocycles. The maximum absolute atomic E-state index is 10.2. The smallest absolute Gasteiger partial charge is 0.173 e. The molecule has 0 saturated heterocycles. The molecular formula is C28H27ClN10O3. The third kappa shape index (κ3) is 6.27. The zero-order valence-electron chi connectivity index (χ0n) is 22.6. The van der Waals surface area contributed by atoms with Crippen molar-refractivity contribution in [1.82, 2.24) is 39.5 Å². The van der Waals surface area contributed by atoms with E-state index in [1.165, 1.54) is 6.33 Å². The van der Waals surface area contributed by atoms with Crippen LogP contribution in [0, 0.1) is 0 Å². The summed E-state index contributed by atoms with van der Waals surface area (Å²) in [7, 11) is 3.24. The summed E-state index contributed by atoms with van der Waals surface area (Å²) in [6, 6.07) is 18.5. The molecule has 7 rings (SSSR count). The third-order valence-electron chi connectivity index (χ3n) is 6.05. The number of nitrogen functional groups attached to an aromatic ring is 1. The summed E-state index contributed by atoms with van der Waals surface area (Å²) >= 11 is 0. The van der Waals surface area contributed by atoms with Gasteiger partial charge in [-0.2, -0.15) is 0 Å². The Kier molecular flexibility index (Phi) is 9.61. The van der Waals surface area contributed by atoms with E-state index in [1.807, 2.05) is 47.0 Å². The lowest BCUT2D eigenvalue weighted by Crippen LogP contribution is -2.08. The van der Waals surface area contributed by atoms with Gasteiger partial charge in [-0.15, -0.1) is 22.6 Å². The van der Waals surface area contributed by atoms with E-state index < -0.39 is 0 Å². The molecule has 214 valence electrons. The Labute approximate surface area is 245 Å². The highest BCUT2D eigenvalue weighted by atomic mass is 35.5. The lowest BCUT2D eigenvalue weighted by molar-refractivity contribution is 0.112. The number of ether oxygens (including phenoxy) is 2. The Balaban J connectivity index is 0.000000157. The van der Waals surface area contributed by atoms with E-state index in [0.29, 0.717) is 11.4 Å². The van der Waals surface area contributed by atoms with Crippen molar-refractivity contribution in [2.45, 2.75) is 0 Å². The van der Waals surface area contributed by atoms with Gasteiger partial charge in [-0.25, -0.2) is 20.8 Å². The second kappa shape index (κ2) is 13.7. The summed E-state index contributed by atoms with van der Waals surface area (Å²) in [6.07, 6.45) is 7.63. The topological polar surface area (TPSA) is 174 Å². The molecule has 42 heavy (non-hydrogen) atoms. The van der Waals surface area contributed by atoms with Gasteiger partial charge in [0.2, 0.25) is 0 Å². The van der Waals surface area contributed by atoms with Crippen molar-refractivity contribution in [3.63, 3.8) is 0 Å². The minimum Gasteiger partial charge on any atom is -0.497 e. The summed E-state index contributed by atoms with van der Waals surface area (Å²) in [4.78, 5) is 28.5. The zero-order chi connectivity index (χ0) is 28.6. The van der Waals surface area contributed by atoms with E-state index in [4.69, 9.17) is 15.3 Å². The minimum atomic E-state index is 0. The highest BCUT2D eigenvalue weighted by Gasteiger charge is 2.11. The van der Waals surface area contributed by atoms with Crippen molar-refractivity contribution in [1.29, 1.82) is 0 Å². The molecule has 0 unspecified atom stereocenters.